The average Bonchev–Trinajstić information content (AvgIpc) is 3.09. The lowest BCUT2D eigenvalue weighted by molar-refractivity contribution is 0.391. The molecule has 4 nitrogen and oxygen atoms in total. The molecule has 6 heteroatoms. The first-order chi connectivity index (χ1) is 11.8. The van der Waals surface area contributed by atoms with Gasteiger partial charge in [0.2, 0.25) is 11.7 Å². The fourth-order valence-corrected chi connectivity index (χ4v) is 3.47. The maximum atomic E-state index is 6.00. The van der Waals surface area contributed by atoms with Crippen molar-refractivity contribution in [3.05, 3.63) is 71.7 Å². The minimum atomic E-state index is 0.549. The topological polar surface area (TPSA) is 51.8 Å². The van der Waals surface area contributed by atoms with Crippen LogP contribution >= 0.6 is 23.4 Å². The molecule has 0 radical (unpaired) electrons. The molecule has 0 unspecified atom stereocenters. The van der Waals surface area contributed by atoms with Crippen molar-refractivity contribution in [2.24, 2.45) is 0 Å². The molecule has 0 aliphatic heterocycles. The highest BCUT2D eigenvalue weighted by Gasteiger charge is 2.10. The lowest BCUT2D eigenvalue weighted by Gasteiger charge is -2.03. The van der Waals surface area contributed by atoms with Crippen molar-refractivity contribution in [3.8, 4) is 11.4 Å². The number of pyridine rings is 1. The number of halogens is 1. The van der Waals surface area contributed by atoms with E-state index in [-0.39, 0.29) is 0 Å². The summed E-state index contributed by atoms with van der Waals surface area (Å²) in [5.74, 6) is 1.73. The predicted molar refractivity (Wildman–Crippen MR) is 96.0 cm³/mol. The zero-order valence-corrected chi connectivity index (χ0v) is 14.1. The number of thioether (sulfide) groups is 1. The second-order valence-electron chi connectivity index (χ2n) is 5.14. The van der Waals surface area contributed by atoms with Crippen LogP contribution in [0.1, 0.15) is 5.89 Å². The van der Waals surface area contributed by atoms with Crippen molar-refractivity contribution < 1.29 is 4.52 Å². The number of fused-ring (bicyclic) bond motifs is 1. The Morgan fingerprint density at radius 3 is 2.88 bits per heavy atom. The highest BCUT2D eigenvalue weighted by atomic mass is 35.5. The van der Waals surface area contributed by atoms with Gasteiger partial charge < -0.3 is 4.52 Å². The Hall–Kier alpha value is -2.37. The van der Waals surface area contributed by atoms with Crippen LogP contribution < -0.4 is 0 Å². The third-order valence-corrected chi connectivity index (χ3v) is 4.80. The van der Waals surface area contributed by atoms with Crippen molar-refractivity contribution in [3.63, 3.8) is 0 Å². The Morgan fingerprint density at radius 1 is 1.04 bits per heavy atom. The molecule has 118 valence electrons. The van der Waals surface area contributed by atoms with Gasteiger partial charge >= 0.3 is 0 Å². The molecule has 0 fully saturated rings. The van der Waals surface area contributed by atoms with Gasteiger partial charge in [0.05, 0.1) is 11.3 Å². The molecule has 0 saturated heterocycles. The number of para-hydroxylation sites is 1. The molecule has 2 heterocycles. The summed E-state index contributed by atoms with van der Waals surface area (Å²) in [5.41, 5.74) is 1.82. The Balaban J connectivity index is 1.54. The lowest BCUT2D eigenvalue weighted by Crippen LogP contribution is -1.85. The van der Waals surface area contributed by atoms with E-state index in [4.69, 9.17) is 16.1 Å². The fraction of sp³-hybridized carbons (Fsp3) is 0.0556. The second kappa shape index (κ2) is 6.63. The second-order valence-corrected chi connectivity index (χ2v) is 6.59. The molecule has 0 spiro atoms. The van der Waals surface area contributed by atoms with E-state index in [1.807, 2.05) is 54.7 Å². The molecule has 0 amide bonds. The predicted octanol–water partition coefficient (Wildman–Crippen LogP) is 5.23. The monoisotopic (exact) mass is 353 g/mol. The van der Waals surface area contributed by atoms with Crippen LogP contribution in [0.4, 0.5) is 0 Å². The van der Waals surface area contributed by atoms with E-state index in [0.29, 0.717) is 22.5 Å². The van der Waals surface area contributed by atoms with Crippen LogP contribution in [0.15, 0.2) is 70.2 Å². The van der Waals surface area contributed by atoms with Gasteiger partial charge in [-0.15, -0.1) is 11.8 Å². The first-order valence-corrected chi connectivity index (χ1v) is 8.71. The van der Waals surface area contributed by atoms with Crippen LogP contribution in [0.5, 0.6) is 0 Å². The normalized spacial score (nSPS) is 11.0. The molecule has 24 heavy (non-hydrogen) atoms. The molecule has 0 aliphatic rings. The highest BCUT2D eigenvalue weighted by Crippen LogP contribution is 2.29. The van der Waals surface area contributed by atoms with E-state index in [1.165, 1.54) is 0 Å². The third-order valence-electron chi connectivity index (χ3n) is 3.51. The summed E-state index contributed by atoms with van der Waals surface area (Å²) in [6.45, 7) is 0. The van der Waals surface area contributed by atoms with Crippen molar-refractivity contribution >= 4 is 34.3 Å². The van der Waals surface area contributed by atoms with Gasteiger partial charge in [0.15, 0.2) is 0 Å². The van der Waals surface area contributed by atoms with Gasteiger partial charge in [-0.05, 0) is 24.3 Å². The largest absolute Gasteiger partial charge is 0.338 e. The first kappa shape index (κ1) is 15.2. The summed E-state index contributed by atoms with van der Waals surface area (Å²) in [4.78, 5) is 9.96. The molecular formula is C18H12ClN3OS. The van der Waals surface area contributed by atoms with Gasteiger partial charge in [-0.25, -0.2) is 0 Å². The lowest BCUT2D eigenvalue weighted by atomic mass is 10.2. The van der Waals surface area contributed by atoms with Crippen molar-refractivity contribution in [2.45, 2.75) is 10.6 Å². The minimum Gasteiger partial charge on any atom is -0.338 e. The summed E-state index contributed by atoms with van der Waals surface area (Å²) in [6, 6.07) is 17.5. The quantitative estimate of drug-likeness (QED) is 0.470. The van der Waals surface area contributed by atoms with E-state index < -0.39 is 0 Å². The van der Waals surface area contributed by atoms with E-state index in [9.17, 15) is 0 Å². The van der Waals surface area contributed by atoms with Crippen LogP contribution in [0.3, 0.4) is 0 Å². The number of benzene rings is 2. The number of hydrogen-bond donors (Lipinski definition) is 0. The molecular weight excluding hydrogens is 342 g/mol. The van der Waals surface area contributed by atoms with E-state index in [0.717, 1.165) is 21.4 Å². The highest BCUT2D eigenvalue weighted by molar-refractivity contribution is 7.98. The SMILES string of the molecule is Clc1cccc(-c2noc(CSc3ccnc4ccccc34)n2)c1. The number of hydrogen-bond acceptors (Lipinski definition) is 5. The van der Waals surface area contributed by atoms with Gasteiger partial charge in [-0.1, -0.05) is 47.1 Å². The van der Waals surface area contributed by atoms with Crippen LogP contribution in [-0.4, -0.2) is 15.1 Å². The summed E-state index contributed by atoms with van der Waals surface area (Å²) < 4.78 is 5.35. The van der Waals surface area contributed by atoms with Crippen molar-refractivity contribution in [1.82, 2.24) is 15.1 Å². The van der Waals surface area contributed by atoms with Crippen LogP contribution in [-0.2, 0) is 5.75 Å². The first-order valence-electron chi connectivity index (χ1n) is 7.35. The Bertz CT molecular complexity index is 997. The smallest absolute Gasteiger partial charge is 0.237 e. The molecule has 2 aromatic heterocycles. The number of nitrogens with zero attached hydrogens (tertiary/aromatic N) is 3. The Kier molecular flexibility index (Phi) is 4.19. The molecule has 0 bridgehead atoms. The molecule has 0 saturated carbocycles. The molecule has 4 rings (SSSR count). The van der Waals surface area contributed by atoms with Crippen LogP contribution in [0.25, 0.3) is 22.3 Å². The minimum absolute atomic E-state index is 0.549. The van der Waals surface area contributed by atoms with Gasteiger partial charge in [-0.2, -0.15) is 4.98 Å². The summed E-state index contributed by atoms with van der Waals surface area (Å²) in [7, 11) is 0. The fourth-order valence-electron chi connectivity index (χ4n) is 2.39. The van der Waals surface area contributed by atoms with Gasteiger partial charge in [-0.3, -0.25) is 4.98 Å². The van der Waals surface area contributed by atoms with E-state index in [2.05, 4.69) is 21.2 Å². The number of aromatic nitrogens is 3. The molecule has 2 aromatic carbocycles. The van der Waals surface area contributed by atoms with E-state index >= 15 is 0 Å². The zero-order chi connectivity index (χ0) is 16.4. The summed E-state index contributed by atoms with van der Waals surface area (Å²) in [5, 5.41) is 5.81. The van der Waals surface area contributed by atoms with Crippen molar-refractivity contribution in [1.29, 1.82) is 0 Å². The maximum Gasteiger partial charge on any atom is 0.237 e. The average molecular weight is 354 g/mol. The Morgan fingerprint density at radius 2 is 1.96 bits per heavy atom. The van der Waals surface area contributed by atoms with Gasteiger partial charge in [0, 0.05) is 27.1 Å². The van der Waals surface area contributed by atoms with Crippen LogP contribution in [0, 0.1) is 0 Å². The van der Waals surface area contributed by atoms with E-state index in [1.54, 1.807) is 11.8 Å². The summed E-state index contributed by atoms with van der Waals surface area (Å²) >= 11 is 7.65. The van der Waals surface area contributed by atoms with Gasteiger partial charge in [0.25, 0.3) is 0 Å². The molecule has 0 N–H and O–H groups in total. The Labute approximate surface area is 147 Å². The third kappa shape index (κ3) is 3.13. The number of rotatable bonds is 4. The standard InChI is InChI=1S/C18H12ClN3OS/c19-13-5-3-4-12(10-13)18-21-17(23-22-18)11-24-16-8-9-20-15-7-2-1-6-14(15)16/h1-10H,11H2. The molecule has 0 atom stereocenters. The molecule has 0 aliphatic carbocycles. The molecule has 4 aromatic rings. The van der Waals surface area contributed by atoms with Crippen LogP contribution in [0.2, 0.25) is 5.02 Å². The summed E-state index contributed by atoms with van der Waals surface area (Å²) in [6.07, 6.45) is 1.82. The zero-order valence-electron chi connectivity index (χ0n) is 12.5. The van der Waals surface area contributed by atoms with Gasteiger partial charge in [0.1, 0.15) is 0 Å². The maximum absolute atomic E-state index is 6.00. The van der Waals surface area contributed by atoms with Crippen molar-refractivity contribution in [2.75, 3.05) is 0 Å².